The van der Waals surface area contributed by atoms with Crippen LogP contribution < -0.4 is 15.5 Å². The van der Waals surface area contributed by atoms with Crippen LogP contribution in [0.15, 0.2) is 47.7 Å². The lowest BCUT2D eigenvalue weighted by molar-refractivity contribution is 0.254. The van der Waals surface area contributed by atoms with Crippen LogP contribution in [0, 0.1) is 5.82 Å². The highest BCUT2D eigenvalue weighted by molar-refractivity contribution is 14.0. The van der Waals surface area contributed by atoms with Crippen molar-refractivity contribution < 1.29 is 4.39 Å². The molecule has 0 saturated carbocycles. The minimum Gasteiger partial charge on any atom is -0.356 e. The molecule has 0 aliphatic carbocycles. The number of guanidine groups is 1. The van der Waals surface area contributed by atoms with E-state index in [0.29, 0.717) is 6.54 Å². The molecule has 9 heteroatoms. The number of aromatic nitrogens is 2. The van der Waals surface area contributed by atoms with Crippen molar-refractivity contribution >= 4 is 35.9 Å². The molecule has 29 heavy (non-hydrogen) atoms. The first-order chi connectivity index (χ1) is 13.7. The molecule has 3 rings (SSSR count). The molecule has 1 fully saturated rings. The largest absolute Gasteiger partial charge is 0.356 e. The van der Waals surface area contributed by atoms with E-state index >= 15 is 0 Å². The van der Waals surface area contributed by atoms with E-state index in [0.717, 1.165) is 63.2 Å². The predicted molar refractivity (Wildman–Crippen MR) is 125 cm³/mol. The standard InChI is InChI=1S/C20H28FN7.HI/c1-22-19(26-16-17-4-6-18(21)7-5-17)23-10-3-11-27-12-14-28(15-13-27)20-24-8-2-9-25-20;/h2,4-9H,3,10-16H2,1H3,(H2,22,23,26);1H. The lowest BCUT2D eigenvalue weighted by Gasteiger charge is -2.34. The molecule has 2 aromatic rings. The molecule has 1 saturated heterocycles. The summed E-state index contributed by atoms with van der Waals surface area (Å²) in [6, 6.07) is 8.33. The van der Waals surface area contributed by atoms with Gasteiger partial charge in [0.15, 0.2) is 5.96 Å². The van der Waals surface area contributed by atoms with E-state index < -0.39 is 0 Å². The molecule has 1 aromatic carbocycles. The quantitative estimate of drug-likeness (QED) is 0.256. The summed E-state index contributed by atoms with van der Waals surface area (Å²) in [6.07, 6.45) is 4.62. The normalized spacial score (nSPS) is 15.0. The number of nitrogens with one attached hydrogen (secondary N) is 2. The summed E-state index contributed by atoms with van der Waals surface area (Å²) in [4.78, 5) is 17.6. The second kappa shape index (κ2) is 12.5. The Bertz CT molecular complexity index is 734. The molecule has 7 nitrogen and oxygen atoms in total. The van der Waals surface area contributed by atoms with Crippen LogP contribution in [-0.4, -0.2) is 67.1 Å². The van der Waals surface area contributed by atoms with Crippen LogP contribution in [0.4, 0.5) is 10.3 Å². The fraction of sp³-hybridized carbons (Fsp3) is 0.450. The minimum atomic E-state index is -0.219. The molecule has 0 atom stereocenters. The maximum atomic E-state index is 12.9. The molecule has 0 unspecified atom stereocenters. The van der Waals surface area contributed by atoms with Crippen molar-refractivity contribution in [1.29, 1.82) is 0 Å². The number of aliphatic imine (C=N–C) groups is 1. The Morgan fingerprint density at radius 3 is 2.41 bits per heavy atom. The van der Waals surface area contributed by atoms with Gasteiger partial charge in [-0.2, -0.15) is 0 Å². The number of nitrogens with zero attached hydrogens (tertiary/aromatic N) is 5. The van der Waals surface area contributed by atoms with E-state index in [1.165, 1.54) is 12.1 Å². The summed E-state index contributed by atoms with van der Waals surface area (Å²) in [6.45, 7) is 6.47. The maximum absolute atomic E-state index is 12.9. The van der Waals surface area contributed by atoms with Gasteiger partial charge in [-0.1, -0.05) is 12.1 Å². The molecule has 0 amide bonds. The van der Waals surface area contributed by atoms with Crippen molar-refractivity contribution in [3.8, 4) is 0 Å². The van der Waals surface area contributed by atoms with E-state index in [1.807, 2.05) is 6.07 Å². The van der Waals surface area contributed by atoms with Gasteiger partial charge in [0.2, 0.25) is 5.95 Å². The highest BCUT2D eigenvalue weighted by atomic mass is 127. The smallest absolute Gasteiger partial charge is 0.225 e. The maximum Gasteiger partial charge on any atom is 0.225 e. The van der Waals surface area contributed by atoms with E-state index in [1.54, 1.807) is 31.6 Å². The second-order valence-electron chi connectivity index (χ2n) is 6.71. The van der Waals surface area contributed by atoms with E-state index in [9.17, 15) is 4.39 Å². The van der Waals surface area contributed by atoms with E-state index in [-0.39, 0.29) is 29.8 Å². The number of hydrogen-bond acceptors (Lipinski definition) is 5. The average Bonchev–Trinajstić information content (AvgIpc) is 2.75. The summed E-state index contributed by atoms with van der Waals surface area (Å²) in [7, 11) is 1.75. The van der Waals surface area contributed by atoms with Crippen LogP contribution in [0.3, 0.4) is 0 Å². The number of hydrogen-bond donors (Lipinski definition) is 2. The summed E-state index contributed by atoms with van der Waals surface area (Å²) in [5.74, 6) is 1.36. The highest BCUT2D eigenvalue weighted by Crippen LogP contribution is 2.09. The molecule has 1 aliphatic rings. The van der Waals surface area contributed by atoms with Crippen LogP contribution in [0.25, 0.3) is 0 Å². The van der Waals surface area contributed by atoms with Gasteiger partial charge in [0.1, 0.15) is 5.82 Å². The van der Waals surface area contributed by atoms with Crippen LogP contribution in [0.5, 0.6) is 0 Å². The zero-order chi connectivity index (χ0) is 19.6. The number of halogens is 2. The molecule has 158 valence electrons. The number of anilines is 1. The SMILES string of the molecule is CN=C(NCCCN1CCN(c2ncccn2)CC1)NCc1ccc(F)cc1.I. The third kappa shape index (κ3) is 7.73. The van der Waals surface area contributed by atoms with Gasteiger partial charge >= 0.3 is 0 Å². The Balaban J connectivity index is 0.00000300. The predicted octanol–water partition coefficient (Wildman–Crippen LogP) is 2.11. The van der Waals surface area contributed by atoms with Crippen molar-refractivity contribution in [3.63, 3.8) is 0 Å². The molecular formula is C20H29FIN7. The Labute approximate surface area is 188 Å². The number of rotatable bonds is 7. The van der Waals surface area contributed by atoms with Crippen LogP contribution in [-0.2, 0) is 6.54 Å². The van der Waals surface area contributed by atoms with Crippen LogP contribution in [0.1, 0.15) is 12.0 Å². The molecule has 2 N–H and O–H groups in total. The Morgan fingerprint density at radius 1 is 1.07 bits per heavy atom. The molecule has 0 radical (unpaired) electrons. The molecule has 1 aromatic heterocycles. The zero-order valence-electron chi connectivity index (χ0n) is 16.7. The van der Waals surface area contributed by atoms with Crippen molar-refractivity contribution in [3.05, 3.63) is 54.1 Å². The first-order valence-corrected chi connectivity index (χ1v) is 9.68. The van der Waals surface area contributed by atoms with Crippen molar-refractivity contribution in [2.75, 3.05) is 51.2 Å². The monoisotopic (exact) mass is 513 g/mol. The second-order valence-corrected chi connectivity index (χ2v) is 6.71. The summed E-state index contributed by atoms with van der Waals surface area (Å²) in [5.41, 5.74) is 1.02. The Kier molecular flexibility index (Phi) is 10.1. The Morgan fingerprint density at radius 2 is 1.76 bits per heavy atom. The van der Waals surface area contributed by atoms with E-state index in [2.05, 4.69) is 35.4 Å². The van der Waals surface area contributed by atoms with Gasteiger partial charge in [-0.25, -0.2) is 14.4 Å². The minimum absolute atomic E-state index is 0. The lowest BCUT2D eigenvalue weighted by atomic mass is 10.2. The van der Waals surface area contributed by atoms with Gasteiger partial charge in [0.25, 0.3) is 0 Å². The lowest BCUT2D eigenvalue weighted by Crippen LogP contribution is -2.47. The Hall–Kier alpha value is -2.01. The fourth-order valence-electron chi connectivity index (χ4n) is 3.14. The molecule has 2 heterocycles. The summed E-state index contributed by atoms with van der Waals surface area (Å²) >= 11 is 0. The van der Waals surface area contributed by atoms with Crippen LogP contribution >= 0.6 is 24.0 Å². The molecular weight excluding hydrogens is 484 g/mol. The molecule has 0 spiro atoms. The van der Waals surface area contributed by atoms with Gasteiger partial charge in [-0.05, 0) is 36.7 Å². The van der Waals surface area contributed by atoms with Crippen molar-refractivity contribution in [2.45, 2.75) is 13.0 Å². The van der Waals surface area contributed by atoms with Gasteiger partial charge in [-0.15, -0.1) is 24.0 Å². The summed E-state index contributed by atoms with van der Waals surface area (Å²) in [5, 5.41) is 6.58. The van der Waals surface area contributed by atoms with Gasteiger partial charge in [0.05, 0.1) is 0 Å². The van der Waals surface area contributed by atoms with Gasteiger partial charge in [0, 0.05) is 58.7 Å². The zero-order valence-corrected chi connectivity index (χ0v) is 19.1. The first-order valence-electron chi connectivity index (χ1n) is 9.68. The first kappa shape index (κ1) is 23.3. The fourth-order valence-corrected chi connectivity index (χ4v) is 3.14. The third-order valence-corrected chi connectivity index (χ3v) is 4.75. The van der Waals surface area contributed by atoms with E-state index in [4.69, 9.17) is 0 Å². The van der Waals surface area contributed by atoms with Crippen LogP contribution in [0.2, 0.25) is 0 Å². The van der Waals surface area contributed by atoms with Gasteiger partial charge in [-0.3, -0.25) is 9.89 Å². The van der Waals surface area contributed by atoms with Crippen molar-refractivity contribution in [2.24, 2.45) is 4.99 Å². The van der Waals surface area contributed by atoms with Gasteiger partial charge < -0.3 is 15.5 Å². The highest BCUT2D eigenvalue weighted by Gasteiger charge is 2.18. The molecule has 1 aliphatic heterocycles. The average molecular weight is 513 g/mol. The number of piperazine rings is 1. The number of benzene rings is 1. The van der Waals surface area contributed by atoms with Crippen molar-refractivity contribution in [1.82, 2.24) is 25.5 Å². The third-order valence-electron chi connectivity index (χ3n) is 4.75. The topological polar surface area (TPSA) is 68.7 Å². The molecule has 0 bridgehead atoms. The summed E-state index contributed by atoms with van der Waals surface area (Å²) < 4.78 is 12.9.